The van der Waals surface area contributed by atoms with Gasteiger partial charge in [0.15, 0.2) is 0 Å². The molecule has 3 N–H and O–H groups in total. The number of amides is 1. The van der Waals surface area contributed by atoms with Crippen LogP contribution in [0.25, 0.3) is 0 Å². The van der Waals surface area contributed by atoms with Crippen LogP contribution in [0.15, 0.2) is 42.5 Å². The van der Waals surface area contributed by atoms with Gasteiger partial charge in [-0.1, -0.05) is 12.1 Å². The average molecular weight is 314 g/mol. The van der Waals surface area contributed by atoms with Gasteiger partial charge in [0.2, 0.25) is 0 Å². The number of carbonyl (C=O) groups excluding carboxylic acids is 2. The molecule has 0 spiro atoms. The van der Waals surface area contributed by atoms with E-state index in [9.17, 15) is 9.59 Å². The van der Waals surface area contributed by atoms with E-state index in [1.54, 1.807) is 49.4 Å². The maximum absolute atomic E-state index is 12.4. The Bertz CT molecular complexity index is 728. The van der Waals surface area contributed by atoms with Crippen molar-refractivity contribution in [1.82, 2.24) is 0 Å². The number of nitrogens with one attached hydrogen (secondary N) is 1. The highest BCUT2D eigenvalue weighted by Gasteiger charge is 2.16. The second kappa shape index (κ2) is 7.31. The van der Waals surface area contributed by atoms with Gasteiger partial charge in [0.05, 0.1) is 30.5 Å². The summed E-state index contributed by atoms with van der Waals surface area (Å²) in [5, 5.41) is 2.68. The first-order valence-electron chi connectivity index (χ1n) is 7.07. The number of para-hydroxylation sites is 1. The van der Waals surface area contributed by atoms with E-state index in [1.807, 2.05) is 0 Å². The second-order valence-electron chi connectivity index (χ2n) is 4.67. The molecular formula is C17H18N2O4. The number of carbonyl (C=O) groups is 2. The normalized spacial score (nSPS) is 10.0. The van der Waals surface area contributed by atoms with Gasteiger partial charge >= 0.3 is 5.97 Å². The highest BCUT2D eigenvalue weighted by molar-refractivity contribution is 6.10. The van der Waals surface area contributed by atoms with E-state index in [-0.39, 0.29) is 17.9 Å². The predicted molar refractivity (Wildman–Crippen MR) is 87.8 cm³/mol. The van der Waals surface area contributed by atoms with Crippen molar-refractivity contribution in [3.05, 3.63) is 53.6 Å². The molecule has 120 valence electrons. The quantitative estimate of drug-likeness (QED) is 0.654. The zero-order chi connectivity index (χ0) is 16.8. The van der Waals surface area contributed by atoms with E-state index in [0.717, 1.165) is 0 Å². The summed E-state index contributed by atoms with van der Waals surface area (Å²) in [5.41, 5.74) is 7.10. The van der Waals surface area contributed by atoms with Crippen LogP contribution in [0, 0.1) is 0 Å². The van der Waals surface area contributed by atoms with E-state index in [2.05, 4.69) is 5.32 Å². The topological polar surface area (TPSA) is 90.6 Å². The number of hydrogen-bond acceptors (Lipinski definition) is 5. The summed E-state index contributed by atoms with van der Waals surface area (Å²) in [6, 6.07) is 11.4. The zero-order valence-electron chi connectivity index (χ0n) is 13.0. The molecule has 0 aliphatic carbocycles. The average Bonchev–Trinajstić information content (AvgIpc) is 2.55. The number of ether oxygens (including phenoxy) is 2. The summed E-state index contributed by atoms with van der Waals surface area (Å²) in [7, 11) is 1.52. The van der Waals surface area contributed by atoms with E-state index in [1.165, 1.54) is 7.11 Å². The van der Waals surface area contributed by atoms with Crippen LogP contribution < -0.4 is 15.8 Å². The van der Waals surface area contributed by atoms with Crippen molar-refractivity contribution >= 4 is 23.3 Å². The minimum Gasteiger partial charge on any atom is -0.497 e. The molecule has 0 aromatic heterocycles. The Labute approximate surface area is 134 Å². The minimum absolute atomic E-state index is 0.256. The fraction of sp³-hybridized carbons (Fsp3) is 0.176. The maximum Gasteiger partial charge on any atom is 0.340 e. The second-order valence-corrected chi connectivity index (χ2v) is 4.67. The van der Waals surface area contributed by atoms with Gasteiger partial charge in [-0.05, 0) is 31.2 Å². The number of benzene rings is 2. The van der Waals surface area contributed by atoms with Crippen molar-refractivity contribution in [3.8, 4) is 5.75 Å². The Morgan fingerprint density at radius 3 is 2.52 bits per heavy atom. The van der Waals surface area contributed by atoms with Gasteiger partial charge in [0, 0.05) is 11.8 Å². The first-order valence-corrected chi connectivity index (χ1v) is 7.07. The highest BCUT2D eigenvalue weighted by Crippen LogP contribution is 2.22. The van der Waals surface area contributed by atoms with Crippen molar-refractivity contribution in [1.29, 1.82) is 0 Å². The minimum atomic E-state index is -0.494. The summed E-state index contributed by atoms with van der Waals surface area (Å²) in [6.45, 7) is 1.98. The third kappa shape index (κ3) is 3.79. The van der Waals surface area contributed by atoms with Crippen LogP contribution in [-0.4, -0.2) is 25.6 Å². The Balaban J connectivity index is 2.26. The summed E-state index contributed by atoms with van der Waals surface area (Å²) >= 11 is 0. The Morgan fingerprint density at radius 2 is 1.87 bits per heavy atom. The van der Waals surface area contributed by atoms with Crippen molar-refractivity contribution in [3.63, 3.8) is 0 Å². The first-order chi connectivity index (χ1) is 11.1. The molecule has 1 amide bonds. The SMILES string of the molecule is CCOC(=O)c1ccccc1NC(=O)c1ccc(OC)cc1N. The molecule has 0 aliphatic heterocycles. The van der Waals surface area contributed by atoms with Crippen molar-refractivity contribution in [2.45, 2.75) is 6.92 Å². The highest BCUT2D eigenvalue weighted by atomic mass is 16.5. The lowest BCUT2D eigenvalue weighted by Gasteiger charge is -2.12. The van der Waals surface area contributed by atoms with Gasteiger partial charge in [-0.3, -0.25) is 4.79 Å². The summed E-state index contributed by atoms with van der Waals surface area (Å²) < 4.78 is 10.0. The third-order valence-corrected chi connectivity index (χ3v) is 3.17. The number of nitrogens with two attached hydrogens (primary N) is 1. The van der Waals surface area contributed by atoms with Crippen molar-refractivity contribution in [2.24, 2.45) is 0 Å². The third-order valence-electron chi connectivity index (χ3n) is 3.17. The zero-order valence-corrected chi connectivity index (χ0v) is 13.0. The molecule has 2 rings (SSSR count). The molecule has 0 unspecified atom stereocenters. The lowest BCUT2D eigenvalue weighted by atomic mass is 10.1. The number of hydrogen-bond donors (Lipinski definition) is 2. The smallest absolute Gasteiger partial charge is 0.340 e. The molecule has 2 aromatic rings. The van der Waals surface area contributed by atoms with Gasteiger partial charge in [0.25, 0.3) is 5.91 Å². The fourth-order valence-corrected chi connectivity index (χ4v) is 2.04. The Hall–Kier alpha value is -3.02. The van der Waals surface area contributed by atoms with E-state index in [4.69, 9.17) is 15.2 Å². The molecule has 23 heavy (non-hydrogen) atoms. The molecule has 0 fully saturated rings. The molecule has 0 aliphatic rings. The Kier molecular flexibility index (Phi) is 5.19. The molecular weight excluding hydrogens is 296 g/mol. The monoisotopic (exact) mass is 314 g/mol. The van der Waals surface area contributed by atoms with Crippen LogP contribution in [0.3, 0.4) is 0 Å². The van der Waals surface area contributed by atoms with Gasteiger partial charge in [0.1, 0.15) is 5.75 Å². The lowest BCUT2D eigenvalue weighted by Crippen LogP contribution is -2.17. The summed E-state index contributed by atoms with van der Waals surface area (Å²) in [5.74, 6) is -0.348. The van der Waals surface area contributed by atoms with Crippen LogP contribution in [0.5, 0.6) is 5.75 Å². The molecule has 6 nitrogen and oxygen atoms in total. The predicted octanol–water partition coefficient (Wildman–Crippen LogP) is 2.71. The fourth-order valence-electron chi connectivity index (χ4n) is 2.04. The first kappa shape index (κ1) is 16.4. The maximum atomic E-state index is 12.4. The number of methoxy groups -OCH3 is 1. The van der Waals surface area contributed by atoms with Gasteiger partial charge in [-0.25, -0.2) is 4.79 Å². The lowest BCUT2D eigenvalue weighted by molar-refractivity contribution is 0.0527. The van der Waals surface area contributed by atoms with Crippen molar-refractivity contribution in [2.75, 3.05) is 24.8 Å². The van der Waals surface area contributed by atoms with Crippen LogP contribution in [0.1, 0.15) is 27.6 Å². The molecule has 6 heteroatoms. The molecule has 0 saturated carbocycles. The number of rotatable bonds is 5. The number of nitrogen functional groups attached to an aromatic ring is 1. The standard InChI is InChI=1S/C17H18N2O4/c1-3-23-17(21)13-6-4-5-7-15(13)19-16(20)12-9-8-11(22-2)10-14(12)18/h4-10H,3,18H2,1-2H3,(H,19,20). The largest absolute Gasteiger partial charge is 0.497 e. The summed E-state index contributed by atoms with van der Waals surface area (Å²) in [6.07, 6.45) is 0. The van der Waals surface area contributed by atoms with Crippen LogP contribution in [-0.2, 0) is 4.74 Å². The molecule has 0 bridgehead atoms. The number of anilines is 2. The van der Waals surface area contributed by atoms with E-state index < -0.39 is 11.9 Å². The Morgan fingerprint density at radius 1 is 1.13 bits per heavy atom. The van der Waals surface area contributed by atoms with E-state index in [0.29, 0.717) is 17.0 Å². The van der Waals surface area contributed by atoms with Gasteiger partial charge in [-0.15, -0.1) is 0 Å². The molecule has 0 heterocycles. The van der Waals surface area contributed by atoms with Crippen LogP contribution in [0.2, 0.25) is 0 Å². The van der Waals surface area contributed by atoms with Gasteiger partial charge < -0.3 is 20.5 Å². The molecule has 0 atom stereocenters. The van der Waals surface area contributed by atoms with E-state index >= 15 is 0 Å². The molecule has 0 radical (unpaired) electrons. The van der Waals surface area contributed by atoms with Crippen LogP contribution >= 0.6 is 0 Å². The van der Waals surface area contributed by atoms with Crippen molar-refractivity contribution < 1.29 is 19.1 Å². The summed E-state index contributed by atoms with van der Waals surface area (Å²) in [4.78, 5) is 24.3. The van der Waals surface area contributed by atoms with Gasteiger partial charge in [-0.2, -0.15) is 0 Å². The molecule has 2 aromatic carbocycles. The number of esters is 1. The van der Waals surface area contributed by atoms with Crippen LogP contribution in [0.4, 0.5) is 11.4 Å². The molecule has 0 saturated heterocycles.